The Labute approximate surface area is 123 Å². The van der Waals surface area contributed by atoms with Crippen molar-refractivity contribution in [2.75, 3.05) is 19.3 Å². The number of aromatic nitrogens is 2. The lowest BCUT2D eigenvalue weighted by Gasteiger charge is -2.06. The van der Waals surface area contributed by atoms with Crippen molar-refractivity contribution in [2.45, 2.75) is 5.16 Å². The predicted molar refractivity (Wildman–Crippen MR) is 71.8 cm³/mol. The number of aliphatic carboxylic acids is 1. The Morgan fingerprint density at radius 2 is 2.05 bits per heavy atom. The predicted octanol–water partition coefficient (Wildman–Crippen LogP) is -0.218. The number of thioether (sulfide) groups is 1. The molecule has 1 heterocycles. The van der Waals surface area contributed by atoms with Crippen LogP contribution in [0.15, 0.2) is 11.4 Å². The van der Waals surface area contributed by atoms with Crippen molar-refractivity contribution in [3.8, 4) is 0 Å². The van der Waals surface area contributed by atoms with Crippen molar-refractivity contribution in [3.05, 3.63) is 16.9 Å². The van der Waals surface area contributed by atoms with Gasteiger partial charge < -0.3 is 15.7 Å². The number of amides is 2. The molecule has 8 nitrogen and oxygen atoms in total. The molecule has 10 heteroatoms. The second-order valence-corrected chi connectivity index (χ2v) is 4.59. The number of nitrogens with one attached hydrogen (secondary N) is 2. The zero-order chi connectivity index (χ0) is 15.1. The number of carboxylic acids is 1. The highest BCUT2D eigenvalue weighted by molar-refractivity contribution is 7.98. The molecule has 0 atom stereocenters. The summed E-state index contributed by atoms with van der Waals surface area (Å²) in [6.07, 6.45) is 3.03. The van der Waals surface area contributed by atoms with Gasteiger partial charge in [-0.2, -0.15) is 0 Å². The summed E-state index contributed by atoms with van der Waals surface area (Å²) in [4.78, 5) is 41.1. The first-order valence-electron chi connectivity index (χ1n) is 5.27. The summed E-state index contributed by atoms with van der Waals surface area (Å²) in [6.45, 7) is -0.888. The van der Waals surface area contributed by atoms with Crippen LogP contribution in [0, 0.1) is 0 Å². The van der Waals surface area contributed by atoms with Crippen LogP contribution in [0.3, 0.4) is 0 Å². The van der Waals surface area contributed by atoms with Gasteiger partial charge >= 0.3 is 5.97 Å². The third-order valence-electron chi connectivity index (χ3n) is 1.97. The van der Waals surface area contributed by atoms with E-state index in [-0.39, 0.29) is 17.3 Å². The van der Waals surface area contributed by atoms with Crippen LogP contribution in [0.25, 0.3) is 0 Å². The zero-order valence-electron chi connectivity index (χ0n) is 10.3. The fraction of sp³-hybridized carbons (Fsp3) is 0.300. The van der Waals surface area contributed by atoms with Crippen LogP contribution in [0.4, 0.5) is 0 Å². The maximum Gasteiger partial charge on any atom is 0.322 e. The molecule has 0 spiro atoms. The lowest BCUT2D eigenvalue weighted by Crippen LogP contribution is -2.39. The van der Waals surface area contributed by atoms with Gasteiger partial charge in [0, 0.05) is 0 Å². The quantitative estimate of drug-likeness (QED) is 0.490. The van der Waals surface area contributed by atoms with Crippen LogP contribution < -0.4 is 10.6 Å². The largest absolute Gasteiger partial charge is 0.480 e. The van der Waals surface area contributed by atoms with Gasteiger partial charge in [0.25, 0.3) is 5.91 Å². The van der Waals surface area contributed by atoms with Crippen LogP contribution in [-0.2, 0) is 9.59 Å². The third kappa shape index (κ3) is 5.02. The molecule has 0 fully saturated rings. The Hall–Kier alpha value is -1.87. The van der Waals surface area contributed by atoms with Crippen molar-refractivity contribution >= 4 is 41.1 Å². The van der Waals surface area contributed by atoms with Crippen LogP contribution in [0.2, 0.25) is 5.02 Å². The Morgan fingerprint density at radius 3 is 2.65 bits per heavy atom. The monoisotopic (exact) mass is 318 g/mol. The molecular weight excluding hydrogens is 308 g/mol. The molecule has 1 aromatic rings. The molecular formula is C10H11ClN4O4S. The van der Waals surface area contributed by atoms with Crippen LogP contribution in [0.1, 0.15) is 10.5 Å². The summed E-state index contributed by atoms with van der Waals surface area (Å²) in [5, 5.41) is 13.2. The summed E-state index contributed by atoms with van der Waals surface area (Å²) in [6, 6.07) is 0. The maximum absolute atomic E-state index is 11.8. The molecule has 3 N–H and O–H groups in total. The van der Waals surface area contributed by atoms with E-state index in [0.717, 1.165) is 0 Å². The topological polar surface area (TPSA) is 121 Å². The van der Waals surface area contributed by atoms with Gasteiger partial charge in [-0.15, -0.1) is 0 Å². The minimum absolute atomic E-state index is 0.0444. The summed E-state index contributed by atoms with van der Waals surface area (Å²) in [7, 11) is 0. The van der Waals surface area contributed by atoms with Crippen LogP contribution in [-0.4, -0.2) is 52.2 Å². The minimum Gasteiger partial charge on any atom is -0.480 e. The van der Waals surface area contributed by atoms with Crippen LogP contribution in [0.5, 0.6) is 0 Å². The summed E-state index contributed by atoms with van der Waals surface area (Å²) < 4.78 is 0. The Bertz CT molecular complexity index is 540. The first-order valence-corrected chi connectivity index (χ1v) is 6.87. The fourth-order valence-corrected chi connectivity index (χ4v) is 1.61. The van der Waals surface area contributed by atoms with Gasteiger partial charge in [-0.1, -0.05) is 23.4 Å². The lowest BCUT2D eigenvalue weighted by molar-refractivity contribution is -0.137. The van der Waals surface area contributed by atoms with Gasteiger partial charge in [0.2, 0.25) is 5.91 Å². The fourth-order valence-electron chi connectivity index (χ4n) is 1.09. The molecule has 108 valence electrons. The van der Waals surface area contributed by atoms with E-state index in [9.17, 15) is 14.4 Å². The molecule has 0 saturated carbocycles. The van der Waals surface area contributed by atoms with Crippen molar-refractivity contribution in [1.29, 1.82) is 0 Å². The zero-order valence-corrected chi connectivity index (χ0v) is 11.9. The smallest absolute Gasteiger partial charge is 0.322 e. The number of rotatable bonds is 6. The van der Waals surface area contributed by atoms with Crippen LogP contribution >= 0.6 is 23.4 Å². The van der Waals surface area contributed by atoms with E-state index >= 15 is 0 Å². The molecule has 0 aromatic carbocycles. The van der Waals surface area contributed by atoms with Gasteiger partial charge in [-0.05, 0) is 6.26 Å². The van der Waals surface area contributed by atoms with E-state index in [1.54, 1.807) is 6.26 Å². The van der Waals surface area contributed by atoms with Gasteiger partial charge in [0.1, 0.15) is 6.54 Å². The van der Waals surface area contributed by atoms with Gasteiger partial charge in [0.05, 0.1) is 17.8 Å². The number of hydrogen-bond acceptors (Lipinski definition) is 6. The number of carbonyl (C=O) groups is 3. The first-order chi connectivity index (χ1) is 9.43. The highest BCUT2D eigenvalue weighted by Crippen LogP contribution is 2.16. The Kier molecular flexibility index (Phi) is 6.19. The lowest BCUT2D eigenvalue weighted by atomic mass is 10.3. The van der Waals surface area contributed by atoms with Gasteiger partial charge in [-0.25, -0.2) is 9.97 Å². The molecule has 2 amide bonds. The molecule has 0 aliphatic rings. The molecule has 0 bridgehead atoms. The molecule has 1 rings (SSSR count). The minimum atomic E-state index is -1.17. The maximum atomic E-state index is 11.8. The molecule has 0 unspecified atom stereocenters. The molecule has 1 aromatic heterocycles. The van der Waals surface area contributed by atoms with E-state index in [1.165, 1.54) is 18.0 Å². The van der Waals surface area contributed by atoms with Crippen molar-refractivity contribution in [1.82, 2.24) is 20.6 Å². The molecule has 20 heavy (non-hydrogen) atoms. The number of carbonyl (C=O) groups excluding carboxylic acids is 2. The van der Waals surface area contributed by atoms with Gasteiger partial charge in [-0.3, -0.25) is 14.4 Å². The van der Waals surface area contributed by atoms with E-state index in [0.29, 0.717) is 5.16 Å². The van der Waals surface area contributed by atoms with E-state index in [4.69, 9.17) is 16.7 Å². The molecule has 0 radical (unpaired) electrons. The van der Waals surface area contributed by atoms with Gasteiger partial charge in [0.15, 0.2) is 10.9 Å². The highest BCUT2D eigenvalue weighted by atomic mass is 35.5. The third-order valence-corrected chi connectivity index (χ3v) is 2.80. The van der Waals surface area contributed by atoms with E-state index in [1.807, 2.05) is 0 Å². The second kappa shape index (κ2) is 7.65. The standard InChI is InChI=1S/C10H11ClN4O4S/c1-20-10-14-2-5(11)8(15-10)9(19)13-3-6(16)12-4-7(17)18/h2H,3-4H2,1H3,(H,12,16)(H,13,19)(H,17,18). The average molecular weight is 319 g/mol. The molecule has 0 aliphatic heterocycles. The van der Waals surface area contributed by atoms with E-state index < -0.39 is 24.3 Å². The summed E-state index contributed by atoms with van der Waals surface area (Å²) in [5.41, 5.74) is -0.0444. The molecule has 0 saturated heterocycles. The van der Waals surface area contributed by atoms with E-state index in [2.05, 4.69) is 20.6 Å². The number of nitrogens with zero attached hydrogens (tertiary/aromatic N) is 2. The number of halogens is 1. The Morgan fingerprint density at radius 1 is 1.35 bits per heavy atom. The first kappa shape index (κ1) is 16.2. The Balaban J connectivity index is 2.58. The summed E-state index contributed by atoms with van der Waals surface area (Å²) >= 11 is 7.03. The number of carboxylic acid groups (broad SMARTS) is 1. The SMILES string of the molecule is CSc1ncc(Cl)c(C(=O)NCC(=O)NCC(=O)O)n1. The van der Waals surface area contributed by atoms with Crippen molar-refractivity contribution in [3.63, 3.8) is 0 Å². The average Bonchev–Trinajstić information content (AvgIpc) is 2.43. The highest BCUT2D eigenvalue weighted by Gasteiger charge is 2.15. The number of hydrogen-bond donors (Lipinski definition) is 3. The van der Waals surface area contributed by atoms with Crippen molar-refractivity contribution in [2.24, 2.45) is 0 Å². The second-order valence-electron chi connectivity index (χ2n) is 3.41. The normalized spacial score (nSPS) is 9.90. The molecule has 0 aliphatic carbocycles. The summed E-state index contributed by atoms with van der Waals surface area (Å²) in [5.74, 6) is -2.44. The van der Waals surface area contributed by atoms with Crippen molar-refractivity contribution < 1.29 is 19.5 Å².